The van der Waals surface area contributed by atoms with E-state index < -0.39 is 0 Å². The smallest absolute Gasteiger partial charge is 0.143 e. The van der Waals surface area contributed by atoms with Crippen LogP contribution in [0.3, 0.4) is 0 Å². The number of benzene rings is 3. The molecule has 0 saturated carbocycles. The van der Waals surface area contributed by atoms with Crippen molar-refractivity contribution in [3.05, 3.63) is 66.2 Å². The number of phenolic OH excluding ortho intramolecular Hbond substituents is 1. The third-order valence-electron chi connectivity index (χ3n) is 3.48. The number of phenols is 1. The number of hydrogen-bond acceptors (Lipinski definition) is 5. The molecule has 0 atom stereocenters. The number of fused-ring (bicyclic) bond motifs is 1. The number of aromatic hydroxyl groups is 1. The van der Waals surface area contributed by atoms with E-state index in [1.54, 1.807) is 13.2 Å². The summed E-state index contributed by atoms with van der Waals surface area (Å²) in [7, 11) is 7.63. The van der Waals surface area contributed by atoms with Crippen molar-refractivity contribution in [3.63, 3.8) is 0 Å². The van der Waals surface area contributed by atoms with Gasteiger partial charge in [-0.25, -0.2) is 0 Å². The molecule has 0 fully saturated rings. The SMILES string of the molecule is CN(C)C.COc1ccccc1CN=Nc1c(O)ccc2ccccc12. The van der Waals surface area contributed by atoms with Gasteiger partial charge in [0, 0.05) is 10.9 Å². The number of nitrogens with zero attached hydrogens (tertiary/aromatic N) is 3. The number of hydrogen-bond donors (Lipinski definition) is 1. The molecule has 0 aliphatic rings. The van der Waals surface area contributed by atoms with Gasteiger partial charge in [-0.05, 0) is 38.7 Å². The van der Waals surface area contributed by atoms with E-state index >= 15 is 0 Å². The third-order valence-corrected chi connectivity index (χ3v) is 3.48. The summed E-state index contributed by atoms with van der Waals surface area (Å²) in [5.74, 6) is 0.908. The maximum absolute atomic E-state index is 10.0. The predicted octanol–water partition coefficient (Wildman–Crippen LogP) is 5.02. The van der Waals surface area contributed by atoms with E-state index in [4.69, 9.17) is 4.74 Å². The molecule has 3 rings (SSSR count). The maximum Gasteiger partial charge on any atom is 0.143 e. The number of ether oxygens (including phenoxy) is 1. The quantitative estimate of drug-likeness (QED) is 0.672. The fourth-order valence-electron chi connectivity index (χ4n) is 2.36. The standard InChI is InChI=1S/C18H16N2O2.C3H9N/c1-22-17-9-5-3-7-14(17)12-19-20-18-15-8-4-2-6-13(15)10-11-16(18)21;1-4(2)3/h2-11,21H,12H2,1H3;1-3H3. The summed E-state index contributed by atoms with van der Waals surface area (Å²) in [5, 5.41) is 20.4. The molecule has 0 aliphatic carbocycles. The van der Waals surface area contributed by atoms with Gasteiger partial charge >= 0.3 is 0 Å². The Bertz CT molecular complexity index is 873. The second-order valence-electron chi connectivity index (χ2n) is 6.21. The van der Waals surface area contributed by atoms with Crippen LogP contribution < -0.4 is 4.74 Å². The minimum atomic E-state index is 0.127. The van der Waals surface area contributed by atoms with Crippen molar-refractivity contribution in [1.82, 2.24) is 4.90 Å². The maximum atomic E-state index is 10.0. The lowest BCUT2D eigenvalue weighted by molar-refractivity contribution is 0.409. The first-order chi connectivity index (χ1) is 12.5. The molecule has 1 N–H and O–H groups in total. The average molecular weight is 351 g/mol. The molecule has 5 heteroatoms. The molecule has 0 radical (unpaired) electrons. The fourth-order valence-corrected chi connectivity index (χ4v) is 2.36. The largest absolute Gasteiger partial charge is 0.506 e. The summed E-state index contributed by atoms with van der Waals surface area (Å²) in [6.45, 7) is 0.396. The minimum Gasteiger partial charge on any atom is -0.506 e. The van der Waals surface area contributed by atoms with E-state index in [1.165, 1.54) is 0 Å². The van der Waals surface area contributed by atoms with Crippen LogP contribution in [0.4, 0.5) is 5.69 Å². The summed E-state index contributed by atoms with van der Waals surface area (Å²) < 4.78 is 5.29. The summed E-state index contributed by atoms with van der Waals surface area (Å²) in [4.78, 5) is 2.00. The zero-order chi connectivity index (χ0) is 18.9. The molecule has 0 aliphatic heterocycles. The predicted molar refractivity (Wildman–Crippen MR) is 106 cm³/mol. The van der Waals surface area contributed by atoms with Crippen molar-refractivity contribution in [2.45, 2.75) is 6.54 Å². The Morgan fingerprint density at radius 1 is 0.923 bits per heavy atom. The molecule has 0 spiro atoms. The molecule has 0 aromatic heterocycles. The van der Waals surface area contributed by atoms with Crippen LogP contribution in [0.5, 0.6) is 11.5 Å². The molecule has 136 valence electrons. The van der Waals surface area contributed by atoms with Crippen LogP contribution in [0, 0.1) is 0 Å². The lowest BCUT2D eigenvalue weighted by atomic mass is 10.1. The monoisotopic (exact) mass is 351 g/mol. The molecule has 3 aromatic rings. The zero-order valence-corrected chi connectivity index (χ0v) is 15.7. The molecular formula is C21H25N3O2. The molecule has 0 unspecified atom stereocenters. The second kappa shape index (κ2) is 9.53. The highest BCUT2D eigenvalue weighted by Gasteiger charge is 2.06. The fraction of sp³-hybridized carbons (Fsp3) is 0.238. The van der Waals surface area contributed by atoms with E-state index in [9.17, 15) is 5.11 Å². The van der Waals surface area contributed by atoms with Crippen LogP contribution in [-0.4, -0.2) is 38.3 Å². The molecule has 0 amide bonds. The van der Waals surface area contributed by atoms with Gasteiger partial charge in [-0.2, -0.15) is 10.2 Å². The van der Waals surface area contributed by atoms with Crippen molar-refractivity contribution in [2.24, 2.45) is 10.2 Å². The first-order valence-corrected chi connectivity index (χ1v) is 8.34. The topological polar surface area (TPSA) is 57.4 Å². The molecule has 0 heterocycles. The number of para-hydroxylation sites is 1. The summed E-state index contributed by atoms with van der Waals surface area (Å²) in [6.07, 6.45) is 0. The lowest BCUT2D eigenvalue weighted by Crippen LogP contribution is -1.99. The van der Waals surface area contributed by atoms with Gasteiger partial charge in [-0.1, -0.05) is 48.5 Å². The van der Waals surface area contributed by atoms with Crippen LogP contribution in [0.1, 0.15) is 5.56 Å². The van der Waals surface area contributed by atoms with E-state index in [0.29, 0.717) is 12.2 Å². The van der Waals surface area contributed by atoms with Crippen LogP contribution >= 0.6 is 0 Å². The Kier molecular flexibility index (Phi) is 7.12. The van der Waals surface area contributed by atoms with E-state index in [1.807, 2.05) is 80.6 Å². The molecule has 26 heavy (non-hydrogen) atoms. The molecule has 0 saturated heterocycles. The highest BCUT2D eigenvalue weighted by molar-refractivity contribution is 5.95. The van der Waals surface area contributed by atoms with Crippen molar-refractivity contribution in [2.75, 3.05) is 28.3 Å². The van der Waals surface area contributed by atoms with Crippen molar-refractivity contribution in [3.8, 4) is 11.5 Å². The zero-order valence-electron chi connectivity index (χ0n) is 15.7. The van der Waals surface area contributed by atoms with Crippen LogP contribution in [0.2, 0.25) is 0 Å². The molecule has 3 aromatic carbocycles. The number of rotatable bonds is 4. The minimum absolute atomic E-state index is 0.127. The number of azo groups is 1. The summed E-state index contributed by atoms with van der Waals surface area (Å²) >= 11 is 0. The van der Waals surface area contributed by atoms with E-state index in [2.05, 4.69) is 10.2 Å². The Morgan fingerprint density at radius 2 is 1.58 bits per heavy atom. The van der Waals surface area contributed by atoms with Crippen molar-refractivity contribution in [1.29, 1.82) is 0 Å². The molecular weight excluding hydrogens is 326 g/mol. The van der Waals surface area contributed by atoms with Crippen molar-refractivity contribution >= 4 is 16.5 Å². The Hall–Kier alpha value is -2.92. The van der Waals surface area contributed by atoms with Gasteiger partial charge in [0.05, 0.1) is 13.7 Å². The first kappa shape index (κ1) is 19.4. The summed E-state index contributed by atoms with van der Waals surface area (Å²) in [6, 6.07) is 19.0. The van der Waals surface area contributed by atoms with E-state index in [0.717, 1.165) is 22.1 Å². The normalized spacial score (nSPS) is 10.8. The Morgan fingerprint density at radius 3 is 2.31 bits per heavy atom. The van der Waals surface area contributed by atoms with Crippen LogP contribution in [-0.2, 0) is 6.54 Å². The second-order valence-corrected chi connectivity index (χ2v) is 6.21. The lowest BCUT2D eigenvalue weighted by Gasteiger charge is -2.05. The van der Waals surface area contributed by atoms with Crippen LogP contribution in [0.15, 0.2) is 70.9 Å². The van der Waals surface area contributed by atoms with Gasteiger partial charge < -0.3 is 14.7 Å². The first-order valence-electron chi connectivity index (χ1n) is 8.34. The highest BCUT2D eigenvalue weighted by atomic mass is 16.5. The Balaban J connectivity index is 0.000000552. The van der Waals surface area contributed by atoms with Gasteiger partial charge in [-0.15, -0.1) is 0 Å². The van der Waals surface area contributed by atoms with E-state index in [-0.39, 0.29) is 5.75 Å². The average Bonchev–Trinajstić information content (AvgIpc) is 2.63. The van der Waals surface area contributed by atoms with Crippen LogP contribution in [0.25, 0.3) is 10.8 Å². The van der Waals surface area contributed by atoms with Crippen molar-refractivity contribution < 1.29 is 9.84 Å². The third kappa shape index (κ3) is 5.29. The van der Waals surface area contributed by atoms with Gasteiger partial charge in [0.25, 0.3) is 0 Å². The number of methoxy groups -OCH3 is 1. The van der Waals surface area contributed by atoms with Gasteiger partial charge in [-0.3, -0.25) is 0 Å². The highest BCUT2D eigenvalue weighted by Crippen LogP contribution is 2.35. The summed E-state index contributed by atoms with van der Waals surface area (Å²) in [5.41, 5.74) is 1.45. The van der Waals surface area contributed by atoms with Gasteiger partial charge in [0.2, 0.25) is 0 Å². The van der Waals surface area contributed by atoms with Gasteiger partial charge in [0.15, 0.2) is 0 Å². The molecule has 0 bridgehead atoms. The Labute approximate surface area is 154 Å². The van der Waals surface area contributed by atoms with Gasteiger partial charge in [0.1, 0.15) is 17.2 Å². The molecule has 5 nitrogen and oxygen atoms in total.